The lowest BCUT2D eigenvalue weighted by Gasteiger charge is -2.18. The Morgan fingerprint density at radius 2 is 2.00 bits per heavy atom. The minimum absolute atomic E-state index is 0.484. The molecule has 1 nitrogen and oxygen atoms in total. The molecule has 0 radical (unpaired) electrons. The summed E-state index contributed by atoms with van der Waals surface area (Å²) in [6.45, 7) is 7.93. The van der Waals surface area contributed by atoms with E-state index in [4.69, 9.17) is 0 Å². The molecule has 94 valence electrons. The summed E-state index contributed by atoms with van der Waals surface area (Å²) in [4.78, 5) is 0. The average Bonchev–Trinajstić information content (AvgIpc) is 3.03. The van der Waals surface area contributed by atoms with Gasteiger partial charge >= 0.3 is 0 Å². The van der Waals surface area contributed by atoms with Crippen LogP contribution >= 0.6 is 0 Å². The van der Waals surface area contributed by atoms with Crippen molar-refractivity contribution in [2.24, 2.45) is 5.92 Å². The van der Waals surface area contributed by atoms with Gasteiger partial charge in [-0.25, -0.2) is 0 Å². The molecule has 17 heavy (non-hydrogen) atoms. The molecule has 2 rings (SSSR count). The van der Waals surface area contributed by atoms with Crippen molar-refractivity contribution in [2.45, 2.75) is 51.5 Å². The fraction of sp³-hybridized carbons (Fsp3) is 0.625. The van der Waals surface area contributed by atoms with Crippen LogP contribution in [-0.4, -0.2) is 12.6 Å². The molecule has 1 heteroatoms. The molecule has 1 aromatic rings. The molecular weight excluding hydrogens is 206 g/mol. The minimum Gasteiger partial charge on any atom is -0.314 e. The predicted octanol–water partition coefficient (Wildman–Crippen LogP) is 3.74. The molecule has 0 spiro atoms. The van der Waals surface area contributed by atoms with Crippen LogP contribution in [0.5, 0.6) is 0 Å². The molecule has 1 N–H and O–H groups in total. The van der Waals surface area contributed by atoms with Crippen molar-refractivity contribution in [3.8, 4) is 0 Å². The van der Waals surface area contributed by atoms with Crippen LogP contribution in [0.25, 0.3) is 0 Å². The molecule has 1 aromatic carbocycles. The van der Waals surface area contributed by atoms with E-state index in [0.717, 1.165) is 5.92 Å². The van der Waals surface area contributed by atoms with Crippen molar-refractivity contribution in [2.75, 3.05) is 6.54 Å². The fourth-order valence-electron chi connectivity index (χ4n) is 3.05. The largest absolute Gasteiger partial charge is 0.314 e. The summed E-state index contributed by atoms with van der Waals surface area (Å²) in [6.07, 6.45) is 3.99. The van der Waals surface area contributed by atoms with Gasteiger partial charge in [-0.1, -0.05) is 57.5 Å². The van der Waals surface area contributed by atoms with Gasteiger partial charge in [0.15, 0.2) is 0 Å². The van der Waals surface area contributed by atoms with Gasteiger partial charge in [-0.05, 0) is 36.3 Å². The number of hydrogen-bond acceptors (Lipinski definition) is 1. The van der Waals surface area contributed by atoms with Crippen LogP contribution in [0.3, 0.4) is 0 Å². The lowest BCUT2D eigenvalue weighted by Crippen LogP contribution is -2.27. The van der Waals surface area contributed by atoms with Gasteiger partial charge in [0.2, 0.25) is 0 Å². The Morgan fingerprint density at radius 3 is 2.59 bits per heavy atom. The number of nitrogens with one attached hydrogen (secondary N) is 1. The summed E-state index contributed by atoms with van der Waals surface area (Å²) in [5.41, 5.74) is 2.04. The zero-order valence-corrected chi connectivity index (χ0v) is 11.4. The maximum absolute atomic E-state index is 3.59. The molecular formula is C16H25N. The van der Waals surface area contributed by atoms with Crippen molar-refractivity contribution in [3.63, 3.8) is 0 Å². The first kappa shape index (κ1) is 12.6. The maximum Gasteiger partial charge on any atom is 0.00104 e. The van der Waals surface area contributed by atoms with Crippen molar-refractivity contribution >= 4 is 0 Å². The van der Waals surface area contributed by atoms with Gasteiger partial charge in [0.1, 0.15) is 0 Å². The van der Waals surface area contributed by atoms with E-state index in [1.807, 2.05) is 0 Å². The third kappa shape index (κ3) is 2.71. The van der Waals surface area contributed by atoms with E-state index in [0.29, 0.717) is 11.5 Å². The normalized spacial score (nSPS) is 27.4. The Morgan fingerprint density at radius 1 is 1.29 bits per heavy atom. The quantitative estimate of drug-likeness (QED) is 0.786. The SMILES string of the molecule is CCCC1(c2ccccc2)CC1CNC(C)C. The van der Waals surface area contributed by atoms with Crippen LogP contribution in [0.2, 0.25) is 0 Å². The summed E-state index contributed by atoms with van der Waals surface area (Å²) in [7, 11) is 0. The average molecular weight is 231 g/mol. The summed E-state index contributed by atoms with van der Waals surface area (Å²) in [5, 5.41) is 3.59. The van der Waals surface area contributed by atoms with E-state index < -0.39 is 0 Å². The van der Waals surface area contributed by atoms with Crippen molar-refractivity contribution in [3.05, 3.63) is 35.9 Å². The Balaban J connectivity index is 2.04. The van der Waals surface area contributed by atoms with Crippen LogP contribution in [0.15, 0.2) is 30.3 Å². The van der Waals surface area contributed by atoms with Crippen molar-refractivity contribution in [1.29, 1.82) is 0 Å². The highest BCUT2D eigenvalue weighted by atomic mass is 14.9. The second-order valence-electron chi connectivity index (χ2n) is 5.74. The number of rotatable bonds is 6. The van der Waals surface area contributed by atoms with E-state index >= 15 is 0 Å². The highest BCUT2D eigenvalue weighted by molar-refractivity contribution is 5.33. The molecule has 2 unspecified atom stereocenters. The molecule has 0 aliphatic heterocycles. The Labute approximate surface area is 106 Å². The first-order valence-corrected chi connectivity index (χ1v) is 6.98. The second-order valence-corrected chi connectivity index (χ2v) is 5.74. The zero-order valence-electron chi connectivity index (χ0n) is 11.4. The van der Waals surface area contributed by atoms with E-state index in [-0.39, 0.29) is 0 Å². The standard InChI is InChI=1S/C16H25N/c1-4-10-16(14-8-6-5-7-9-14)11-15(16)12-17-13(2)3/h5-9,13,15,17H,4,10-12H2,1-3H3. The summed E-state index contributed by atoms with van der Waals surface area (Å²) in [5.74, 6) is 0.840. The second kappa shape index (κ2) is 5.22. The lowest BCUT2D eigenvalue weighted by molar-refractivity contribution is 0.491. The Kier molecular flexibility index (Phi) is 3.88. The summed E-state index contributed by atoms with van der Waals surface area (Å²) >= 11 is 0. The smallest absolute Gasteiger partial charge is 0.00104 e. The van der Waals surface area contributed by atoms with Gasteiger partial charge in [-0.15, -0.1) is 0 Å². The number of benzene rings is 1. The van der Waals surface area contributed by atoms with Crippen LogP contribution in [0.4, 0.5) is 0 Å². The zero-order chi connectivity index (χ0) is 12.3. The van der Waals surface area contributed by atoms with Gasteiger partial charge in [-0.3, -0.25) is 0 Å². The van der Waals surface area contributed by atoms with Crippen LogP contribution in [0.1, 0.15) is 45.6 Å². The van der Waals surface area contributed by atoms with E-state index in [2.05, 4.69) is 56.4 Å². The Hall–Kier alpha value is -0.820. The first-order valence-electron chi connectivity index (χ1n) is 6.98. The summed E-state index contributed by atoms with van der Waals surface area (Å²) in [6, 6.07) is 11.7. The molecule has 2 atom stereocenters. The third-order valence-corrected chi connectivity index (χ3v) is 4.05. The van der Waals surface area contributed by atoms with E-state index in [1.165, 1.54) is 25.8 Å². The first-order chi connectivity index (χ1) is 8.19. The molecule has 1 saturated carbocycles. The predicted molar refractivity (Wildman–Crippen MR) is 74.3 cm³/mol. The monoisotopic (exact) mass is 231 g/mol. The van der Waals surface area contributed by atoms with E-state index in [9.17, 15) is 0 Å². The van der Waals surface area contributed by atoms with Gasteiger partial charge in [-0.2, -0.15) is 0 Å². The summed E-state index contributed by atoms with van der Waals surface area (Å²) < 4.78 is 0. The molecule has 0 amide bonds. The highest BCUT2D eigenvalue weighted by Crippen LogP contribution is 2.57. The van der Waals surface area contributed by atoms with Crippen molar-refractivity contribution < 1.29 is 0 Å². The van der Waals surface area contributed by atoms with Crippen LogP contribution in [-0.2, 0) is 5.41 Å². The minimum atomic E-state index is 0.484. The molecule has 0 heterocycles. The Bertz CT molecular complexity index is 344. The van der Waals surface area contributed by atoms with Gasteiger partial charge in [0.05, 0.1) is 0 Å². The lowest BCUT2D eigenvalue weighted by atomic mass is 9.88. The molecule has 0 aromatic heterocycles. The van der Waals surface area contributed by atoms with Crippen molar-refractivity contribution in [1.82, 2.24) is 5.32 Å². The highest BCUT2D eigenvalue weighted by Gasteiger charge is 2.53. The molecule has 1 aliphatic carbocycles. The van der Waals surface area contributed by atoms with E-state index in [1.54, 1.807) is 5.56 Å². The third-order valence-electron chi connectivity index (χ3n) is 4.05. The maximum atomic E-state index is 3.59. The van der Waals surface area contributed by atoms with Gasteiger partial charge in [0.25, 0.3) is 0 Å². The van der Waals surface area contributed by atoms with Gasteiger partial charge in [0, 0.05) is 6.04 Å². The van der Waals surface area contributed by atoms with Gasteiger partial charge < -0.3 is 5.32 Å². The molecule has 0 saturated heterocycles. The van der Waals surface area contributed by atoms with Crippen LogP contribution in [0, 0.1) is 5.92 Å². The topological polar surface area (TPSA) is 12.0 Å². The molecule has 0 bridgehead atoms. The fourth-order valence-corrected chi connectivity index (χ4v) is 3.05. The molecule has 1 aliphatic rings. The number of hydrogen-bond donors (Lipinski definition) is 1. The molecule has 1 fully saturated rings. The van der Waals surface area contributed by atoms with Crippen LogP contribution < -0.4 is 5.32 Å².